The molecule has 0 aliphatic carbocycles. The number of carbonyl (C=O) groups excluding carboxylic acids is 1. The number of benzene rings is 1. The van der Waals surface area contributed by atoms with Crippen LogP contribution >= 0.6 is 0 Å². The normalized spacial score (nSPS) is 15.7. The fourth-order valence-corrected chi connectivity index (χ4v) is 2.90. The summed E-state index contributed by atoms with van der Waals surface area (Å²) in [6.07, 6.45) is 0.533. The third-order valence-corrected chi connectivity index (χ3v) is 4.02. The Morgan fingerprint density at radius 3 is 2.77 bits per heavy atom. The summed E-state index contributed by atoms with van der Waals surface area (Å²) in [7, 11) is 1.16. The Hall–Kier alpha value is -3.62. The number of aromatic nitrogens is 1. The van der Waals surface area contributed by atoms with E-state index in [4.69, 9.17) is 4.74 Å². The fraction of sp³-hybridized carbons (Fsp3) is 0.176. The minimum absolute atomic E-state index is 0.134. The number of H-pyrrole nitrogens is 1. The Balaban J connectivity index is 2.23. The van der Waals surface area contributed by atoms with Gasteiger partial charge in [0.15, 0.2) is 0 Å². The first kappa shape index (κ1) is 17.2. The predicted octanol–water partition coefficient (Wildman–Crippen LogP) is 2.86. The summed E-state index contributed by atoms with van der Waals surface area (Å²) in [6.45, 7) is 1.67. The van der Waals surface area contributed by atoms with Gasteiger partial charge >= 0.3 is 6.16 Å². The molecule has 26 heavy (non-hydrogen) atoms. The number of hydrogen-bond acceptors (Lipinski definition) is 7. The van der Waals surface area contributed by atoms with E-state index in [0.717, 1.165) is 7.11 Å². The molecule has 0 spiro atoms. The van der Waals surface area contributed by atoms with Gasteiger partial charge in [-0.3, -0.25) is 14.9 Å². The van der Waals surface area contributed by atoms with Gasteiger partial charge in [0.25, 0.3) is 11.2 Å². The van der Waals surface area contributed by atoms with Gasteiger partial charge in [0.05, 0.1) is 29.2 Å². The summed E-state index contributed by atoms with van der Waals surface area (Å²) < 4.78 is 9.81. The lowest BCUT2D eigenvalue weighted by atomic mass is 9.86. The second kappa shape index (κ2) is 6.71. The van der Waals surface area contributed by atoms with E-state index in [-0.39, 0.29) is 17.0 Å². The second-order valence-electron chi connectivity index (χ2n) is 5.59. The SMILES string of the molecule is COC(=O)OC1=C(C)Nc2cc[nH]c(=O)c2C1c1cccc([N+](=O)[O-])c1. The van der Waals surface area contributed by atoms with E-state index in [1.165, 1.54) is 24.4 Å². The zero-order valence-corrected chi connectivity index (χ0v) is 13.9. The number of nitro groups is 1. The maximum absolute atomic E-state index is 12.5. The Labute approximate surface area is 147 Å². The quantitative estimate of drug-likeness (QED) is 0.492. The van der Waals surface area contributed by atoms with Crippen LogP contribution < -0.4 is 10.9 Å². The van der Waals surface area contributed by atoms with E-state index in [1.807, 2.05) is 0 Å². The smallest absolute Gasteiger partial charge is 0.437 e. The van der Waals surface area contributed by atoms with Gasteiger partial charge in [0.2, 0.25) is 0 Å². The number of nitrogens with one attached hydrogen (secondary N) is 2. The van der Waals surface area contributed by atoms with Crippen molar-refractivity contribution in [3.05, 3.63) is 79.6 Å². The van der Waals surface area contributed by atoms with Crippen molar-refractivity contribution in [2.45, 2.75) is 12.8 Å². The lowest BCUT2D eigenvalue weighted by Crippen LogP contribution is -2.28. The van der Waals surface area contributed by atoms with E-state index < -0.39 is 22.6 Å². The summed E-state index contributed by atoms with van der Waals surface area (Å²) in [6, 6.07) is 7.50. The third kappa shape index (κ3) is 3.02. The fourth-order valence-electron chi connectivity index (χ4n) is 2.90. The molecule has 134 valence electrons. The lowest BCUT2D eigenvalue weighted by Gasteiger charge is -2.28. The first-order chi connectivity index (χ1) is 12.4. The van der Waals surface area contributed by atoms with Crippen molar-refractivity contribution in [2.75, 3.05) is 12.4 Å². The molecule has 9 nitrogen and oxygen atoms in total. The van der Waals surface area contributed by atoms with E-state index >= 15 is 0 Å². The van der Waals surface area contributed by atoms with Crippen LogP contribution in [0.2, 0.25) is 0 Å². The van der Waals surface area contributed by atoms with Gasteiger partial charge in [-0.15, -0.1) is 0 Å². The molecule has 1 aliphatic rings. The Kier molecular flexibility index (Phi) is 4.44. The Bertz CT molecular complexity index is 978. The van der Waals surface area contributed by atoms with Crippen molar-refractivity contribution in [3.63, 3.8) is 0 Å². The Morgan fingerprint density at radius 1 is 1.31 bits per heavy atom. The second-order valence-corrected chi connectivity index (χ2v) is 5.59. The molecule has 0 saturated heterocycles. The van der Waals surface area contributed by atoms with Crippen molar-refractivity contribution in [1.29, 1.82) is 0 Å². The minimum Gasteiger partial charge on any atom is -0.437 e. The number of aromatic amines is 1. The van der Waals surface area contributed by atoms with Crippen molar-refractivity contribution in [1.82, 2.24) is 4.98 Å². The zero-order chi connectivity index (χ0) is 18.8. The van der Waals surface area contributed by atoms with Gasteiger partial charge in [-0.25, -0.2) is 4.79 Å². The standard InChI is InChI=1S/C17H15N3O6/c1-9-15(26-17(22)25-2)13(10-4-3-5-11(8-10)20(23)24)14-12(19-9)6-7-18-16(14)21/h3-8,13,19H,1-2H3,(H,18,21). The van der Waals surface area contributed by atoms with Crippen LogP contribution in [0, 0.1) is 10.1 Å². The molecule has 2 heterocycles. The average Bonchev–Trinajstić information content (AvgIpc) is 2.62. The first-order valence-electron chi connectivity index (χ1n) is 7.62. The van der Waals surface area contributed by atoms with Crippen LogP contribution in [-0.2, 0) is 9.47 Å². The van der Waals surface area contributed by atoms with Crippen LogP contribution in [-0.4, -0.2) is 23.2 Å². The number of non-ortho nitro benzene ring substituents is 1. The lowest BCUT2D eigenvalue weighted by molar-refractivity contribution is -0.384. The molecule has 0 bridgehead atoms. The molecule has 1 aliphatic heterocycles. The van der Waals surface area contributed by atoms with Gasteiger partial charge in [-0.1, -0.05) is 12.1 Å². The average molecular weight is 357 g/mol. The maximum Gasteiger partial charge on any atom is 0.513 e. The highest BCUT2D eigenvalue weighted by Gasteiger charge is 2.34. The molecular formula is C17H15N3O6. The molecule has 2 aromatic rings. The van der Waals surface area contributed by atoms with Gasteiger partial charge in [-0.05, 0) is 18.6 Å². The molecule has 0 fully saturated rings. The molecule has 2 N–H and O–H groups in total. The van der Waals surface area contributed by atoms with E-state index in [0.29, 0.717) is 16.9 Å². The van der Waals surface area contributed by atoms with Crippen molar-refractivity contribution >= 4 is 17.5 Å². The number of carbonyl (C=O) groups is 1. The van der Waals surface area contributed by atoms with E-state index in [9.17, 15) is 19.7 Å². The number of pyridine rings is 1. The molecule has 1 unspecified atom stereocenters. The number of nitro benzene ring substituents is 1. The molecule has 9 heteroatoms. The molecule has 1 aromatic carbocycles. The number of ether oxygens (including phenoxy) is 2. The van der Waals surface area contributed by atoms with Crippen molar-refractivity contribution in [2.24, 2.45) is 0 Å². The number of methoxy groups -OCH3 is 1. The number of anilines is 1. The first-order valence-corrected chi connectivity index (χ1v) is 7.62. The molecule has 0 saturated carbocycles. The number of fused-ring (bicyclic) bond motifs is 1. The summed E-state index contributed by atoms with van der Waals surface area (Å²) in [5, 5.41) is 14.1. The van der Waals surface area contributed by atoms with Crippen LogP contribution in [0.1, 0.15) is 24.0 Å². The molecule has 1 atom stereocenters. The number of rotatable bonds is 3. The largest absolute Gasteiger partial charge is 0.513 e. The summed E-state index contributed by atoms with van der Waals surface area (Å²) in [4.78, 5) is 37.3. The van der Waals surface area contributed by atoms with Gasteiger partial charge in [0, 0.05) is 24.0 Å². The topological polar surface area (TPSA) is 124 Å². The van der Waals surface area contributed by atoms with E-state index in [1.54, 1.807) is 19.1 Å². The molecule has 0 amide bonds. The van der Waals surface area contributed by atoms with Crippen molar-refractivity contribution < 1.29 is 19.2 Å². The number of nitrogens with zero attached hydrogens (tertiary/aromatic N) is 1. The summed E-state index contributed by atoms with van der Waals surface area (Å²) in [5.41, 5.74) is 1.22. The zero-order valence-electron chi connectivity index (χ0n) is 13.9. The number of allylic oxidation sites excluding steroid dienone is 2. The monoisotopic (exact) mass is 357 g/mol. The predicted molar refractivity (Wildman–Crippen MR) is 91.8 cm³/mol. The molecular weight excluding hydrogens is 342 g/mol. The van der Waals surface area contributed by atoms with Crippen molar-refractivity contribution in [3.8, 4) is 0 Å². The maximum atomic E-state index is 12.5. The van der Waals surface area contributed by atoms with Crippen LogP contribution in [0.3, 0.4) is 0 Å². The molecule has 1 aromatic heterocycles. The molecule has 0 radical (unpaired) electrons. The number of hydrogen-bond donors (Lipinski definition) is 2. The van der Waals surface area contributed by atoms with E-state index in [2.05, 4.69) is 15.0 Å². The van der Waals surface area contributed by atoms with Crippen LogP contribution in [0.5, 0.6) is 0 Å². The summed E-state index contributed by atoms with van der Waals surface area (Å²) in [5.74, 6) is -0.670. The minimum atomic E-state index is -0.951. The summed E-state index contributed by atoms with van der Waals surface area (Å²) >= 11 is 0. The van der Waals surface area contributed by atoms with Crippen LogP contribution in [0.15, 0.2) is 52.8 Å². The van der Waals surface area contributed by atoms with Gasteiger partial charge in [-0.2, -0.15) is 0 Å². The van der Waals surface area contributed by atoms with Gasteiger partial charge < -0.3 is 19.8 Å². The highest BCUT2D eigenvalue weighted by molar-refractivity contribution is 5.68. The van der Waals surface area contributed by atoms with Crippen LogP contribution in [0.25, 0.3) is 0 Å². The molecule has 3 rings (SSSR count). The van der Waals surface area contributed by atoms with Gasteiger partial charge in [0.1, 0.15) is 5.76 Å². The third-order valence-electron chi connectivity index (χ3n) is 4.02. The Morgan fingerprint density at radius 2 is 2.08 bits per heavy atom. The van der Waals surface area contributed by atoms with Crippen LogP contribution in [0.4, 0.5) is 16.2 Å². The highest BCUT2D eigenvalue weighted by Crippen LogP contribution is 2.41. The highest BCUT2D eigenvalue weighted by atomic mass is 16.7.